The van der Waals surface area contributed by atoms with Gasteiger partial charge in [0.15, 0.2) is 0 Å². The minimum atomic E-state index is -0.433. The van der Waals surface area contributed by atoms with Crippen molar-refractivity contribution in [1.82, 2.24) is 0 Å². The lowest BCUT2D eigenvalue weighted by atomic mass is 10.0. The molecular formula is C22H35NO4. The Bertz CT molecular complexity index is 518. The second-order valence-electron chi connectivity index (χ2n) is 7.24. The van der Waals surface area contributed by atoms with E-state index in [2.05, 4.69) is 6.92 Å². The third-order valence-corrected chi connectivity index (χ3v) is 4.83. The molecule has 0 N–H and O–H groups in total. The van der Waals surface area contributed by atoms with E-state index in [0.29, 0.717) is 31.4 Å². The first-order valence-corrected chi connectivity index (χ1v) is 10.5. The molecule has 1 unspecified atom stereocenters. The molecule has 0 aliphatic heterocycles. The Morgan fingerprint density at radius 2 is 1.48 bits per heavy atom. The molecule has 0 heterocycles. The monoisotopic (exact) mass is 377 g/mol. The van der Waals surface area contributed by atoms with Crippen LogP contribution >= 0.6 is 0 Å². The number of para-hydroxylation sites is 1. The summed E-state index contributed by atoms with van der Waals surface area (Å²) in [6.45, 7) is 2.20. The molecule has 1 aromatic rings. The van der Waals surface area contributed by atoms with Gasteiger partial charge in [0.1, 0.15) is 5.75 Å². The Labute approximate surface area is 163 Å². The lowest BCUT2D eigenvalue weighted by Crippen LogP contribution is -2.19. The average Bonchev–Trinajstić information content (AvgIpc) is 2.66. The van der Waals surface area contributed by atoms with E-state index < -0.39 is 6.04 Å². The fourth-order valence-electron chi connectivity index (χ4n) is 3.19. The van der Waals surface area contributed by atoms with Gasteiger partial charge in [-0.2, -0.15) is 0 Å². The van der Waals surface area contributed by atoms with Crippen LogP contribution in [0.2, 0.25) is 0 Å². The molecule has 0 bridgehead atoms. The molecule has 0 radical (unpaired) electrons. The van der Waals surface area contributed by atoms with Crippen LogP contribution in [0.3, 0.4) is 0 Å². The van der Waals surface area contributed by atoms with Gasteiger partial charge in [0.2, 0.25) is 6.04 Å². The van der Waals surface area contributed by atoms with Crippen molar-refractivity contribution in [3.8, 4) is 5.75 Å². The molecule has 1 aromatic carbocycles. The van der Waals surface area contributed by atoms with Gasteiger partial charge in [-0.1, -0.05) is 70.1 Å². The smallest absolute Gasteiger partial charge is 0.311 e. The molecule has 1 atom stereocenters. The Hall–Kier alpha value is -1.91. The number of unbranched alkanes of at least 4 members (excludes halogenated alkanes) is 8. The lowest BCUT2D eigenvalue weighted by Gasteiger charge is -2.09. The zero-order valence-corrected chi connectivity index (χ0v) is 16.7. The summed E-state index contributed by atoms with van der Waals surface area (Å²) in [6, 6.07) is 8.59. The van der Waals surface area contributed by atoms with Crippen LogP contribution in [0, 0.1) is 10.1 Å². The van der Waals surface area contributed by atoms with Gasteiger partial charge in [0.05, 0.1) is 0 Å². The molecule has 1 rings (SSSR count). The zero-order chi connectivity index (χ0) is 19.7. The summed E-state index contributed by atoms with van der Waals surface area (Å²) in [5.74, 6) is 0.320. The molecule has 0 saturated carbocycles. The van der Waals surface area contributed by atoms with E-state index in [0.717, 1.165) is 25.7 Å². The van der Waals surface area contributed by atoms with Gasteiger partial charge >= 0.3 is 5.97 Å². The van der Waals surface area contributed by atoms with E-state index >= 15 is 0 Å². The van der Waals surface area contributed by atoms with Crippen molar-refractivity contribution in [3.05, 3.63) is 40.4 Å². The van der Waals surface area contributed by atoms with E-state index in [9.17, 15) is 14.9 Å². The van der Waals surface area contributed by atoms with E-state index in [-0.39, 0.29) is 10.9 Å². The average molecular weight is 378 g/mol. The van der Waals surface area contributed by atoms with Crippen molar-refractivity contribution >= 4 is 5.97 Å². The maximum atomic E-state index is 11.8. The second-order valence-corrected chi connectivity index (χ2v) is 7.24. The standard InChI is InChI=1S/C22H35NO4/c1-2-3-4-5-6-7-10-15-20(23(25)26)16-11-8-14-19-22(24)27-21-17-12-9-13-18-21/h9,12-13,17-18,20H,2-8,10-11,14-16,19H2,1H3. The first-order chi connectivity index (χ1) is 13.1. The van der Waals surface area contributed by atoms with Crippen molar-refractivity contribution in [1.29, 1.82) is 0 Å². The minimum absolute atomic E-state index is 0.124. The van der Waals surface area contributed by atoms with Crippen LogP contribution < -0.4 is 4.74 Å². The number of rotatable bonds is 16. The van der Waals surface area contributed by atoms with Gasteiger partial charge in [0.25, 0.3) is 0 Å². The molecule has 0 fully saturated rings. The highest BCUT2D eigenvalue weighted by Gasteiger charge is 2.18. The molecule has 5 heteroatoms. The number of carbonyl (C=O) groups excluding carboxylic acids is 1. The quantitative estimate of drug-likeness (QED) is 0.111. The number of hydrogen-bond acceptors (Lipinski definition) is 4. The number of nitrogens with zero attached hydrogens (tertiary/aromatic N) is 1. The maximum absolute atomic E-state index is 11.8. The zero-order valence-electron chi connectivity index (χ0n) is 16.7. The van der Waals surface area contributed by atoms with Crippen LogP contribution in [-0.2, 0) is 4.79 Å². The Kier molecular flexibility index (Phi) is 13.0. The first-order valence-electron chi connectivity index (χ1n) is 10.5. The van der Waals surface area contributed by atoms with Gasteiger partial charge in [-0.15, -0.1) is 0 Å². The van der Waals surface area contributed by atoms with Crippen LogP contribution in [0.5, 0.6) is 5.75 Å². The van der Waals surface area contributed by atoms with E-state index in [1.807, 2.05) is 18.2 Å². The number of ether oxygens (including phenoxy) is 1. The summed E-state index contributed by atoms with van der Waals surface area (Å²) in [6.07, 6.45) is 12.3. The predicted octanol–water partition coefficient (Wildman–Crippen LogP) is 6.33. The number of hydrogen-bond donors (Lipinski definition) is 0. The summed E-state index contributed by atoms with van der Waals surface area (Å²) in [5.41, 5.74) is 0. The van der Waals surface area contributed by atoms with Crippen LogP contribution in [-0.4, -0.2) is 16.9 Å². The van der Waals surface area contributed by atoms with Gasteiger partial charge in [-0.3, -0.25) is 14.9 Å². The Morgan fingerprint density at radius 1 is 0.926 bits per heavy atom. The van der Waals surface area contributed by atoms with E-state index in [1.54, 1.807) is 12.1 Å². The Morgan fingerprint density at radius 3 is 2.07 bits per heavy atom. The molecule has 5 nitrogen and oxygen atoms in total. The molecule has 0 aliphatic rings. The third kappa shape index (κ3) is 12.2. The molecule has 0 amide bonds. The van der Waals surface area contributed by atoms with Crippen LogP contribution in [0.15, 0.2) is 30.3 Å². The number of carbonyl (C=O) groups is 1. The highest BCUT2D eigenvalue weighted by Crippen LogP contribution is 2.16. The highest BCUT2D eigenvalue weighted by atomic mass is 16.6. The number of nitro groups is 1. The number of esters is 1. The first kappa shape index (κ1) is 23.1. The van der Waals surface area contributed by atoms with Gasteiger partial charge in [-0.25, -0.2) is 0 Å². The van der Waals surface area contributed by atoms with Crippen molar-refractivity contribution in [2.75, 3.05) is 0 Å². The second kappa shape index (κ2) is 15.2. The predicted molar refractivity (Wildman–Crippen MR) is 109 cm³/mol. The largest absolute Gasteiger partial charge is 0.427 e. The molecule has 0 saturated heterocycles. The third-order valence-electron chi connectivity index (χ3n) is 4.83. The van der Waals surface area contributed by atoms with Crippen molar-refractivity contribution in [2.45, 2.75) is 96.4 Å². The van der Waals surface area contributed by atoms with Gasteiger partial charge in [-0.05, 0) is 31.4 Å². The lowest BCUT2D eigenvalue weighted by molar-refractivity contribution is -0.524. The summed E-state index contributed by atoms with van der Waals surface area (Å²) in [4.78, 5) is 22.8. The molecular weight excluding hydrogens is 342 g/mol. The van der Waals surface area contributed by atoms with Crippen molar-refractivity contribution in [3.63, 3.8) is 0 Å². The number of benzene rings is 1. The summed E-state index contributed by atoms with van der Waals surface area (Å²) >= 11 is 0. The topological polar surface area (TPSA) is 69.4 Å². The van der Waals surface area contributed by atoms with E-state index in [4.69, 9.17) is 4.74 Å². The Balaban J connectivity index is 2.07. The maximum Gasteiger partial charge on any atom is 0.311 e. The molecule has 152 valence electrons. The van der Waals surface area contributed by atoms with Crippen LogP contribution in [0.1, 0.15) is 90.4 Å². The fourth-order valence-corrected chi connectivity index (χ4v) is 3.19. The normalized spacial score (nSPS) is 11.9. The summed E-state index contributed by atoms with van der Waals surface area (Å²) in [7, 11) is 0. The van der Waals surface area contributed by atoms with Gasteiger partial charge in [0, 0.05) is 24.2 Å². The van der Waals surface area contributed by atoms with Crippen molar-refractivity contribution in [2.24, 2.45) is 0 Å². The summed E-state index contributed by atoms with van der Waals surface area (Å²) in [5, 5.41) is 11.2. The van der Waals surface area contributed by atoms with Crippen molar-refractivity contribution < 1.29 is 14.5 Å². The molecule has 0 aromatic heterocycles. The van der Waals surface area contributed by atoms with Crippen LogP contribution in [0.25, 0.3) is 0 Å². The summed E-state index contributed by atoms with van der Waals surface area (Å²) < 4.78 is 5.23. The molecule has 27 heavy (non-hydrogen) atoms. The molecule has 0 spiro atoms. The molecule has 0 aliphatic carbocycles. The van der Waals surface area contributed by atoms with E-state index in [1.165, 1.54) is 32.1 Å². The van der Waals surface area contributed by atoms with Crippen LogP contribution in [0.4, 0.5) is 0 Å². The fraction of sp³-hybridized carbons (Fsp3) is 0.682. The minimum Gasteiger partial charge on any atom is -0.427 e. The van der Waals surface area contributed by atoms with Gasteiger partial charge < -0.3 is 4.74 Å². The SMILES string of the molecule is CCCCCCCCCC(CCCCCC(=O)Oc1ccccc1)[N+](=O)[O-]. The highest BCUT2D eigenvalue weighted by molar-refractivity contribution is 5.72.